The van der Waals surface area contributed by atoms with Crippen molar-refractivity contribution in [3.05, 3.63) is 34.3 Å². The topological polar surface area (TPSA) is 166 Å². The first-order valence-electron chi connectivity index (χ1n) is 11.7. The number of rotatable bonds is 6. The Hall–Kier alpha value is -3.47. The molecular weight excluding hydrogens is 474 g/mol. The predicted octanol–water partition coefficient (Wildman–Crippen LogP) is 1.13. The molecule has 0 unspecified atom stereocenters. The van der Waals surface area contributed by atoms with Crippen LogP contribution in [0.3, 0.4) is 0 Å². The summed E-state index contributed by atoms with van der Waals surface area (Å²) in [5.74, 6) is -4.70. The second-order valence-corrected chi connectivity index (χ2v) is 10.00. The molecule has 4 aliphatic rings. The van der Waals surface area contributed by atoms with Crippen molar-refractivity contribution in [1.29, 1.82) is 0 Å². The molecule has 0 spiro atoms. The van der Waals surface area contributed by atoms with Crippen LogP contribution in [0.2, 0.25) is 0 Å². The zero-order valence-electron chi connectivity index (χ0n) is 20.5. The quantitative estimate of drug-likeness (QED) is 0.351. The van der Waals surface area contributed by atoms with Crippen molar-refractivity contribution in [2.24, 2.45) is 16.7 Å². The van der Waals surface area contributed by atoms with Crippen molar-refractivity contribution >= 4 is 29.5 Å². The highest BCUT2D eigenvalue weighted by Crippen LogP contribution is 2.62. The number of esters is 2. The van der Waals surface area contributed by atoms with E-state index in [0.29, 0.717) is 12.0 Å². The predicted molar refractivity (Wildman–Crippen MR) is 121 cm³/mol. The molecule has 36 heavy (non-hydrogen) atoms. The second-order valence-electron chi connectivity index (χ2n) is 10.00. The largest absolute Gasteiger partial charge is 0.504 e. The number of ether oxygens (including phenoxy) is 3. The molecule has 1 saturated heterocycles. The molecule has 0 bridgehead atoms. The highest BCUT2D eigenvalue weighted by atomic mass is 16.6. The van der Waals surface area contributed by atoms with Gasteiger partial charge in [-0.1, -0.05) is 6.92 Å². The number of aliphatic hydroxyl groups excluding tert-OH is 1. The van der Waals surface area contributed by atoms with Gasteiger partial charge in [0.25, 0.3) is 0 Å². The Morgan fingerprint density at radius 3 is 2.56 bits per heavy atom. The minimum Gasteiger partial charge on any atom is -0.504 e. The van der Waals surface area contributed by atoms with E-state index in [4.69, 9.17) is 19.3 Å². The van der Waals surface area contributed by atoms with E-state index < -0.39 is 65.0 Å². The van der Waals surface area contributed by atoms with Crippen LogP contribution in [0.25, 0.3) is 0 Å². The number of aliphatic hydroxyl groups is 1. The lowest BCUT2D eigenvalue weighted by Gasteiger charge is -2.53. The first-order valence-corrected chi connectivity index (χ1v) is 11.7. The summed E-state index contributed by atoms with van der Waals surface area (Å²) in [5.41, 5.74) is -2.06. The number of aliphatic carboxylic acids is 1. The number of cyclic esters (lactones) is 1. The van der Waals surface area contributed by atoms with Gasteiger partial charge in [-0.2, -0.15) is 0 Å². The van der Waals surface area contributed by atoms with Crippen LogP contribution >= 0.6 is 0 Å². The van der Waals surface area contributed by atoms with Gasteiger partial charge in [0.2, 0.25) is 5.78 Å². The second kappa shape index (κ2) is 8.88. The van der Waals surface area contributed by atoms with E-state index in [2.05, 4.69) is 5.32 Å². The maximum Gasteiger partial charge on any atom is 0.340 e. The minimum absolute atomic E-state index is 0.0506. The van der Waals surface area contributed by atoms with Crippen LogP contribution in [0, 0.1) is 16.7 Å². The van der Waals surface area contributed by atoms with Crippen LogP contribution in [0.5, 0.6) is 0 Å². The Bertz CT molecular complexity index is 1160. The molecule has 1 heterocycles. The Kier molecular flexibility index (Phi) is 6.32. The number of carboxylic acids is 1. The lowest BCUT2D eigenvalue weighted by atomic mass is 9.53. The molecular formula is C25H29NO10. The average molecular weight is 504 g/mol. The number of hydrogen-bond donors (Lipinski definition) is 3. The van der Waals surface area contributed by atoms with Gasteiger partial charge in [0.05, 0.1) is 17.6 Å². The van der Waals surface area contributed by atoms with Gasteiger partial charge in [-0.15, -0.1) is 0 Å². The van der Waals surface area contributed by atoms with Gasteiger partial charge in [0, 0.05) is 55.6 Å². The van der Waals surface area contributed by atoms with Crippen LogP contribution in [0.4, 0.5) is 0 Å². The third kappa shape index (κ3) is 3.64. The van der Waals surface area contributed by atoms with E-state index in [9.17, 15) is 29.1 Å². The lowest BCUT2D eigenvalue weighted by molar-refractivity contribution is -0.160. The third-order valence-corrected chi connectivity index (χ3v) is 7.92. The molecule has 0 aromatic heterocycles. The van der Waals surface area contributed by atoms with Crippen molar-refractivity contribution < 1.29 is 48.4 Å². The van der Waals surface area contributed by atoms with Crippen molar-refractivity contribution in [3.8, 4) is 0 Å². The smallest absolute Gasteiger partial charge is 0.340 e. The van der Waals surface area contributed by atoms with Gasteiger partial charge in [-0.05, 0) is 18.9 Å². The molecule has 11 nitrogen and oxygen atoms in total. The third-order valence-electron chi connectivity index (χ3n) is 7.92. The summed E-state index contributed by atoms with van der Waals surface area (Å²) in [6.45, 7) is 4.00. The van der Waals surface area contributed by atoms with Gasteiger partial charge in [-0.25, -0.2) is 4.79 Å². The summed E-state index contributed by atoms with van der Waals surface area (Å²) in [7, 11) is 1.40. The fraction of sp³-hybridized carbons (Fsp3) is 0.560. The number of methoxy groups -OCH3 is 1. The van der Waals surface area contributed by atoms with Gasteiger partial charge in [0.1, 0.15) is 24.5 Å². The molecule has 5 atom stereocenters. The maximum absolute atomic E-state index is 13.7. The molecule has 1 aliphatic heterocycles. The van der Waals surface area contributed by atoms with E-state index in [1.165, 1.54) is 14.0 Å². The van der Waals surface area contributed by atoms with E-state index in [1.807, 2.05) is 0 Å². The Labute approximate surface area is 207 Å². The molecule has 11 heteroatoms. The van der Waals surface area contributed by atoms with Crippen molar-refractivity contribution in [2.45, 2.75) is 52.2 Å². The highest BCUT2D eigenvalue weighted by Gasteiger charge is 2.64. The molecule has 194 valence electrons. The van der Waals surface area contributed by atoms with Crippen LogP contribution in [0.15, 0.2) is 34.3 Å². The minimum atomic E-state index is -1.37. The number of fused-ring (bicyclic) bond motifs is 4. The standard InChI is InChI=1S/C25H29NO10/c1-11(27)35-14-7-24(2)13(5-6-15(24)28)18-20(14)25(3)16(10-34-4)36-23(33)12(8-26-9-17(29)30)19(25)22(32)21(18)31/h8,13-14,16,26,32H,5-7,9-10H2,1-4H3,(H,29,30)/b12-8-/t13-,14+,16+,24-,25-/m0/s1. The molecule has 3 aliphatic carbocycles. The number of Topliss-reactive ketones (excluding diaryl/α,β-unsaturated/α-hetero) is 2. The Morgan fingerprint density at radius 1 is 1.25 bits per heavy atom. The summed E-state index contributed by atoms with van der Waals surface area (Å²) >= 11 is 0. The number of carbonyl (C=O) groups is 5. The Balaban J connectivity index is 1.99. The summed E-state index contributed by atoms with van der Waals surface area (Å²) < 4.78 is 16.7. The molecule has 0 amide bonds. The van der Waals surface area contributed by atoms with E-state index in [0.717, 1.165) is 6.20 Å². The molecule has 2 fully saturated rings. The summed E-state index contributed by atoms with van der Waals surface area (Å²) in [6.07, 6.45) is -0.149. The zero-order chi connectivity index (χ0) is 26.6. The Morgan fingerprint density at radius 2 is 1.94 bits per heavy atom. The maximum atomic E-state index is 13.7. The molecule has 0 aromatic rings. The van der Waals surface area contributed by atoms with Gasteiger partial charge >= 0.3 is 17.9 Å². The molecule has 0 radical (unpaired) electrons. The first kappa shape index (κ1) is 25.6. The fourth-order valence-corrected chi connectivity index (χ4v) is 6.34. The van der Waals surface area contributed by atoms with Crippen molar-refractivity contribution in [1.82, 2.24) is 5.32 Å². The number of allylic oxidation sites excluding steroid dienone is 1. The number of carboxylic acid groups (broad SMARTS) is 1. The normalized spacial score (nSPS) is 34.7. The monoisotopic (exact) mass is 503 g/mol. The summed E-state index contributed by atoms with van der Waals surface area (Å²) in [6, 6.07) is 0. The van der Waals surface area contributed by atoms with E-state index in [-0.39, 0.29) is 42.0 Å². The van der Waals surface area contributed by atoms with Crippen LogP contribution < -0.4 is 5.32 Å². The highest BCUT2D eigenvalue weighted by molar-refractivity contribution is 6.14. The number of ketones is 2. The SMILES string of the molecule is COC[C@H]1OC(=O)/C(=C\NCC(=O)O)C2=C(O)C(=O)C3=C([C@H](OC(C)=O)C[C@]4(C)C(=O)CC[C@@H]34)[C@]21C. The van der Waals surface area contributed by atoms with Gasteiger partial charge < -0.3 is 29.7 Å². The van der Waals surface area contributed by atoms with Crippen molar-refractivity contribution in [2.75, 3.05) is 20.3 Å². The van der Waals surface area contributed by atoms with Crippen LogP contribution in [-0.4, -0.2) is 72.2 Å². The van der Waals surface area contributed by atoms with Crippen molar-refractivity contribution in [3.63, 3.8) is 0 Å². The van der Waals surface area contributed by atoms with Gasteiger partial charge in [-0.3, -0.25) is 19.2 Å². The molecule has 0 aromatic carbocycles. The first-order chi connectivity index (χ1) is 16.9. The van der Waals surface area contributed by atoms with E-state index >= 15 is 0 Å². The molecule has 4 rings (SSSR count). The summed E-state index contributed by atoms with van der Waals surface area (Å²) in [5, 5.41) is 22.7. The average Bonchev–Trinajstić information content (AvgIpc) is 3.08. The lowest BCUT2D eigenvalue weighted by Crippen LogP contribution is -2.57. The number of nitrogens with one attached hydrogen (secondary N) is 1. The fourth-order valence-electron chi connectivity index (χ4n) is 6.34. The molecule has 3 N–H and O–H groups in total. The van der Waals surface area contributed by atoms with Crippen LogP contribution in [-0.2, 0) is 38.2 Å². The zero-order valence-corrected chi connectivity index (χ0v) is 20.5. The number of hydrogen-bond acceptors (Lipinski definition) is 10. The number of carbonyl (C=O) groups excluding carboxylic acids is 4. The van der Waals surface area contributed by atoms with E-state index in [1.54, 1.807) is 13.8 Å². The summed E-state index contributed by atoms with van der Waals surface area (Å²) in [4.78, 5) is 62.8. The van der Waals surface area contributed by atoms with Crippen LogP contribution in [0.1, 0.15) is 40.0 Å². The molecule has 1 saturated carbocycles. The van der Waals surface area contributed by atoms with Gasteiger partial charge in [0.15, 0.2) is 5.76 Å².